The molecule has 2 aliphatic heterocycles. The van der Waals surface area contributed by atoms with Gasteiger partial charge in [0.05, 0.1) is 11.7 Å². The number of esters is 2. The number of rotatable bonds is 9. The molecule has 1 N–H and O–H groups in total. The standard InChI is InChI=1S/C34H43NO9/c1-22-15-16-27(42-32(36)24-11-8-7-9-12-24)31-28(43-34(3,4)44-31)14-10-13-25-19-26(39-18-17-35-5)20-29(40-21-38-6)30(25)33(37)41-23(22)2/h7-13,15-16,19-20,22-23,27-28,31,35H,14,17-18,21H2,1-6H3/b13-10+,16-15-/t22-,23+,27?,28+,31-/m1/s1. The van der Waals surface area contributed by atoms with Gasteiger partial charge in [0, 0.05) is 25.6 Å². The molecule has 2 aromatic rings. The molecule has 0 radical (unpaired) electrons. The minimum absolute atomic E-state index is 0.0643. The molecule has 1 saturated heterocycles. The van der Waals surface area contributed by atoms with E-state index in [4.69, 9.17) is 33.2 Å². The highest BCUT2D eigenvalue weighted by atomic mass is 16.8. The zero-order chi connectivity index (χ0) is 31.7. The number of hydrogen-bond acceptors (Lipinski definition) is 10. The minimum atomic E-state index is -0.909. The fourth-order valence-electron chi connectivity index (χ4n) is 4.96. The molecule has 44 heavy (non-hydrogen) atoms. The summed E-state index contributed by atoms with van der Waals surface area (Å²) in [6.45, 7) is 8.39. The Kier molecular flexibility index (Phi) is 11.6. The third kappa shape index (κ3) is 8.69. The van der Waals surface area contributed by atoms with Crippen LogP contribution in [0.5, 0.6) is 11.5 Å². The number of hydrogen-bond donors (Lipinski definition) is 1. The van der Waals surface area contributed by atoms with Crippen molar-refractivity contribution in [1.82, 2.24) is 5.32 Å². The second-order valence-electron chi connectivity index (χ2n) is 11.3. The molecule has 0 aromatic heterocycles. The van der Waals surface area contributed by atoms with E-state index in [0.29, 0.717) is 36.4 Å². The van der Waals surface area contributed by atoms with Gasteiger partial charge < -0.3 is 38.5 Å². The summed E-state index contributed by atoms with van der Waals surface area (Å²) in [5.41, 5.74) is 1.24. The fourth-order valence-corrected chi connectivity index (χ4v) is 4.96. The SMILES string of the molecule is CNCCOc1cc2c(c(OCOC)c1)C(=O)O[C@@H](C)[C@H](C)/C=C\C(OC(=O)c1ccccc1)[C@H]1OC(C)(C)O[C@H]1C/C=C/2. The van der Waals surface area contributed by atoms with Crippen molar-refractivity contribution in [3.05, 3.63) is 77.4 Å². The van der Waals surface area contributed by atoms with Gasteiger partial charge >= 0.3 is 11.9 Å². The Morgan fingerprint density at radius 1 is 1.07 bits per heavy atom. The van der Waals surface area contributed by atoms with Crippen molar-refractivity contribution < 1.29 is 42.7 Å². The molecule has 0 amide bonds. The number of methoxy groups -OCH3 is 1. The quantitative estimate of drug-likeness (QED) is 0.177. The predicted molar refractivity (Wildman–Crippen MR) is 165 cm³/mol. The number of nitrogens with one attached hydrogen (secondary N) is 1. The second kappa shape index (κ2) is 15.3. The van der Waals surface area contributed by atoms with Crippen LogP contribution >= 0.6 is 0 Å². The zero-order valence-corrected chi connectivity index (χ0v) is 26.2. The van der Waals surface area contributed by atoms with Gasteiger partial charge in [-0.15, -0.1) is 0 Å². The van der Waals surface area contributed by atoms with E-state index in [1.807, 2.05) is 59.0 Å². The van der Waals surface area contributed by atoms with Gasteiger partial charge in [-0.2, -0.15) is 0 Å². The molecule has 10 nitrogen and oxygen atoms in total. The Bertz CT molecular complexity index is 1320. The van der Waals surface area contributed by atoms with E-state index in [2.05, 4.69) is 5.32 Å². The third-order valence-corrected chi connectivity index (χ3v) is 7.36. The van der Waals surface area contributed by atoms with Crippen LogP contribution in [-0.4, -0.2) is 76.2 Å². The first kappa shape index (κ1) is 33.2. The first-order valence-corrected chi connectivity index (χ1v) is 14.9. The number of cyclic esters (lactones) is 1. The normalized spacial score (nSPS) is 26.3. The van der Waals surface area contributed by atoms with Crippen LogP contribution in [-0.2, 0) is 23.7 Å². The molecule has 0 saturated carbocycles. The molecule has 2 heterocycles. The van der Waals surface area contributed by atoms with E-state index < -0.39 is 42.1 Å². The number of ether oxygens (including phenoxy) is 7. The molecule has 2 aliphatic rings. The van der Waals surface area contributed by atoms with Crippen LogP contribution < -0.4 is 14.8 Å². The Labute approximate surface area is 259 Å². The maximum Gasteiger partial charge on any atom is 0.342 e. The van der Waals surface area contributed by atoms with Gasteiger partial charge in [-0.1, -0.05) is 43.4 Å². The predicted octanol–water partition coefficient (Wildman–Crippen LogP) is 5.17. The van der Waals surface area contributed by atoms with Gasteiger partial charge in [-0.05, 0) is 64.1 Å². The summed E-state index contributed by atoms with van der Waals surface area (Å²) in [6, 6.07) is 12.2. The molecule has 238 valence electrons. The highest BCUT2D eigenvalue weighted by Crippen LogP contribution is 2.36. The van der Waals surface area contributed by atoms with Crippen LogP contribution in [0.15, 0.2) is 60.7 Å². The van der Waals surface area contributed by atoms with Crippen LogP contribution in [0.4, 0.5) is 0 Å². The number of carbonyl (C=O) groups excluding carboxylic acids is 2. The van der Waals surface area contributed by atoms with Crippen LogP contribution in [0, 0.1) is 5.92 Å². The molecule has 0 aliphatic carbocycles. The molecule has 0 spiro atoms. The van der Waals surface area contributed by atoms with Crippen molar-refractivity contribution in [2.45, 2.75) is 64.3 Å². The topological polar surface area (TPSA) is 111 Å². The summed E-state index contributed by atoms with van der Waals surface area (Å²) in [7, 11) is 3.35. The molecule has 0 bridgehead atoms. The molecule has 1 fully saturated rings. The Balaban J connectivity index is 1.73. The van der Waals surface area contributed by atoms with Crippen LogP contribution in [0.2, 0.25) is 0 Å². The van der Waals surface area contributed by atoms with Gasteiger partial charge in [-0.25, -0.2) is 9.59 Å². The van der Waals surface area contributed by atoms with E-state index in [-0.39, 0.29) is 24.0 Å². The molecule has 2 aromatic carbocycles. The van der Waals surface area contributed by atoms with E-state index in [1.54, 1.807) is 42.5 Å². The number of benzene rings is 2. The Morgan fingerprint density at radius 2 is 1.84 bits per heavy atom. The highest BCUT2D eigenvalue weighted by molar-refractivity contribution is 5.97. The lowest BCUT2D eigenvalue weighted by Crippen LogP contribution is -2.37. The Hall–Kier alpha value is -3.70. The number of carbonyl (C=O) groups is 2. The summed E-state index contributed by atoms with van der Waals surface area (Å²) < 4.78 is 41.4. The summed E-state index contributed by atoms with van der Waals surface area (Å²) in [6.07, 6.45) is 5.44. The van der Waals surface area contributed by atoms with E-state index >= 15 is 0 Å². The molecule has 5 atom stereocenters. The Morgan fingerprint density at radius 3 is 2.57 bits per heavy atom. The van der Waals surface area contributed by atoms with E-state index in [1.165, 1.54) is 7.11 Å². The average molecular weight is 610 g/mol. The van der Waals surface area contributed by atoms with Crippen molar-refractivity contribution in [1.29, 1.82) is 0 Å². The van der Waals surface area contributed by atoms with Crippen molar-refractivity contribution in [3.8, 4) is 11.5 Å². The van der Waals surface area contributed by atoms with Gasteiger partial charge in [0.15, 0.2) is 12.6 Å². The third-order valence-electron chi connectivity index (χ3n) is 7.36. The molecule has 4 rings (SSSR count). The largest absolute Gasteiger partial charge is 0.492 e. The summed E-state index contributed by atoms with van der Waals surface area (Å²) in [4.78, 5) is 26.8. The lowest BCUT2D eigenvalue weighted by atomic mass is 9.98. The fraction of sp³-hybridized carbons (Fsp3) is 0.471. The van der Waals surface area contributed by atoms with Crippen LogP contribution in [0.3, 0.4) is 0 Å². The molecular weight excluding hydrogens is 566 g/mol. The van der Waals surface area contributed by atoms with Crippen molar-refractivity contribution in [2.24, 2.45) is 5.92 Å². The minimum Gasteiger partial charge on any atom is -0.492 e. The molecule has 1 unspecified atom stereocenters. The lowest BCUT2D eigenvalue weighted by molar-refractivity contribution is -0.152. The monoisotopic (exact) mass is 609 g/mol. The van der Waals surface area contributed by atoms with Crippen molar-refractivity contribution in [2.75, 3.05) is 34.1 Å². The van der Waals surface area contributed by atoms with Gasteiger partial charge in [-0.3, -0.25) is 0 Å². The van der Waals surface area contributed by atoms with E-state index in [0.717, 1.165) is 0 Å². The van der Waals surface area contributed by atoms with Crippen LogP contribution in [0.25, 0.3) is 6.08 Å². The average Bonchev–Trinajstić information content (AvgIpc) is 3.31. The summed E-state index contributed by atoms with van der Waals surface area (Å²) >= 11 is 0. The maximum atomic E-state index is 13.7. The smallest absolute Gasteiger partial charge is 0.342 e. The van der Waals surface area contributed by atoms with Crippen LogP contribution in [0.1, 0.15) is 60.4 Å². The summed E-state index contributed by atoms with van der Waals surface area (Å²) in [5.74, 6) is -1.35. The lowest BCUT2D eigenvalue weighted by Gasteiger charge is -2.25. The number of likely N-dealkylation sites (N-methyl/N-ethyl adjacent to an activating group) is 1. The van der Waals surface area contributed by atoms with E-state index in [9.17, 15) is 9.59 Å². The number of fused-ring (bicyclic) bond motifs is 2. The first-order chi connectivity index (χ1) is 21.1. The summed E-state index contributed by atoms with van der Waals surface area (Å²) in [5, 5.41) is 3.05. The maximum absolute atomic E-state index is 13.7. The van der Waals surface area contributed by atoms with Crippen molar-refractivity contribution in [3.63, 3.8) is 0 Å². The van der Waals surface area contributed by atoms with Gasteiger partial charge in [0.2, 0.25) is 0 Å². The van der Waals surface area contributed by atoms with Gasteiger partial charge in [0.1, 0.15) is 42.0 Å². The van der Waals surface area contributed by atoms with Crippen molar-refractivity contribution >= 4 is 18.0 Å². The zero-order valence-electron chi connectivity index (χ0n) is 26.2. The molecular formula is C34H43NO9. The van der Waals surface area contributed by atoms with Gasteiger partial charge in [0.25, 0.3) is 0 Å². The highest BCUT2D eigenvalue weighted by Gasteiger charge is 2.45. The first-order valence-electron chi connectivity index (χ1n) is 14.9. The second-order valence-corrected chi connectivity index (χ2v) is 11.3. The molecule has 10 heteroatoms.